The fraction of sp³-hybridized carbons (Fsp3) is 0.455. The van der Waals surface area contributed by atoms with Gasteiger partial charge in [0.25, 0.3) is 0 Å². The van der Waals surface area contributed by atoms with Crippen LogP contribution in [0, 0.1) is 17.6 Å². The maximum Gasteiger partial charge on any atom is 0.203 e. The Morgan fingerprint density at radius 2 is 1.43 bits per heavy atom. The lowest BCUT2D eigenvalue weighted by atomic mass is 9.87. The van der Waals surface area contributed by atoms with Crippen LogP contribution in [0.3, 0.4) is 0 Å². The molecule has 1 N–H and O–H groups in total. The highest BCUT2D eigenvalue weighted by atomic mass is 19.1. The van der Waals surface area contributed by atoms with Crippen molar-refractivity contribution in [2.24, 2.45) is 5.92 Å². The van der Waals surface area contributed by atoms with Crippen molar-refractivity contribution in [3.63, 3.8) is 0 Å². The summed E-state index contributed by atoms with van der Waals surface area (Å²) < 4.78 is 43.4. The summed E-state index contributed by atoms with van der Waals surface area (Å²) in [6.07, 6.45) is 5.43. The van der Waals surface area contributed by atoms with Crippen LogP contribution in [0.4, 0.5) is 8.78 Å². The first-order chi connectivity index (χ1) is 19.5. The molecule has 0 bridgehead atoms. The van der Waals surface area contributed by atoms with Gasteiger partial charge in [-0.25, -0.2) is 8.78 Å². The zero-order valence-corrected chi connectivity index (χ0v) is 23.9. The Bertz CT molecular complexity index is 1120. The first-order valence-electron chi connectivity index (χ1n) is 14.2. The van der Waals surface area contributed by atoms with E-state index in [2.05, 4.69) is 10.2 Å². The average Bonchev–Trinajstić information content (AvgIpc) is 3.42. The van der Waals surface area contributed by atoms with Gasteiger partial charge in [-0.3, -0.25) is 4.90 Å². The van der Waals surface area contributed by atoms with Gasteiger partial charge in [-0.15, -0.1) is 0 Å². The van der Waals surface area contributed by atoms with Gasteiger partial charge in [0.15, 0.2) is 11.5 Å². The van der Waals surface area contributed by atoms with Crippen molar-refractivity contribution < 1.29 is 23.0 Å². The monoisotopic (exact) mass is 552 g/mol. The van der Waals surface area contributed by atoms with Gasteiger partial charge in [0.1, 0.15) is 11.6 Å². The van der Waals surface area contributed by atoms with E-state index in [0.29, 0.717) is 23.2 Å². The minimum absolute atomic E-state index is 0.143. The average molecular weight is 553 g/mol. The van der Waals surface area contributed by atoms with Crippen molar-refractivity contribution in [1.82, 2.24) is 10.2 Å². The summed E-state index contributed by atoms with van der Waals surface area (Å²) in [5.74, 6) is 2.32. The number of hydrogen-bond acceptors (Lipinski definition) is 5. The molecule has 7 heteroatoms. The number of benzene rings is 3. The Morgan fingerprint density at radius 3 is 1.98 bits per heavy atom. The minimum atomic E-state index is -0.237. The number of halogens is 2. The third-order valence-electron chi connectivity index (χ3n) is 7.82. The highest BCUT2D eigenvalue weighted by Gasteiger charge is 2.23. The molecule has 1 aliphatic heterocycles. The van der Waals surface area contributed by atoms with Crippen molar-refractivity contribution in [2.45, 2.75) is 44.6 Å². The summed E-state index contributed by atoms with van der Waals surface area (Å²) in [7, 11) is 4.92. The Labute approximate surface area is 237 Å². The molecule has 0 saturated carbocycles. The first-order valence-corrected chi connectivity index (χ1v) is 14.2. The second kappa shape index (κ2) is 15.0. The highest BCUT2D eigenvalue weighted by molar-refractivity contribution is 5.53. The van der Waals surface area contributed by atoms with E-state index < -0.39 is 0 Å². The fourth-order valence-electron chi connectivity index (χ4n) is 5.71. The molecule has 3 aromatic rings. The van der Waals surface area contributed by atoms with Crippen LogP contribution in [0.15, 0.2) is 60.7 Å². The number of rotatable bonds is 15. The van der Waals surface area contributed by atoms with Crippen molar-refractivity contribution in [3.8, 4) is 17.2 Å². The van der Waals surface area contributed by atoms with Gasteiger partial charge in [-0.05, 0) is 97.9 Å². The van der Waals surface area contributed by atoms with E-state index in [1.165, 1.54) is 30.7 Å². The number of nitrogens with one attached hydrogen (secondary N) is 1. The second-order valence-electron chi connectivity index (χ2n) is 10.6. The van der Waals surface area contributed by atoms with E-state index in [1.54, 1.807) is 21.3 Å². The number of nitrogens with zero attached hydrogens (tertiary/aromatic N) is 1. The van der Waals surface area contributed by atoms with E-state index in [4.69, 9.17) is 14.2 Å². The molecule has 1 fully saturated rings. The Kier molecular flexibility index (Phi) is 11.2. The standard InChI is InChI=1S/C33H42F2N2O3/c1-38-31-19-25(20-32(39-2)33(31)40-3)23-37-18-16-24(22-37)21-36-17-6-4-5-7-30(26-8-12-28(34)13-9-26)27-10-14-29(35)15-11-27/h8-15,19-20,24,30,36H,4-7,16-18,21-23H2,1-3H3. The predicted molar refractivity (Wildman–Crippen MR) is 155 cm³/mol. The van der Waals surface area contributed by atoms with Gasteiger partial charge in [-0.1, -0.05) is 37.1 Å². The van der Waals surface area contributed by atoms with Crippen LogP contribution >= 0.6 is 0 Å². The van der Waals surface area contributed by atoms with E-state index >= 15 is 0 Å². The SMILES string of the molecule is COc1cc(CN2CCC(CNCCCCCC(c3ccc(F)cc3)c3ccc(F)cc3)C2)cc(OC)c1OC. The molecule has 1 saturated heterocycles. The van der Waals surface area contributed by atoms with Crippen LogP contribution in [-0.4, -0.2) is 52.4 Å². The molecule has 1 heterocycles. The molecule has 3 aromatic carbocycles. The summed E-state index contributed by atoms with van der Waals surface area (Å²) in [6.45, 7) is 5.04. The van der Waals surface area contributed by atoms with Crippen LogP contribution in [0.25, 0.3) is 0 Å². The van der Waals surface area contributed by atoms with E-state index in [9.17, 15) is 8.78 Å². The smallest absolute Gasteiger partial charge is 0.203 e. The molecule has 4 rings (SSSR count). The molecule has 1 unspecified atom stereocenters. The first kappa shape index (κ1) is 29.8. The molecule has 5 nitrogen and oxygen atoms in total. The van der Waals surface area contributed by atoms with Gasteiger partial charge in [0.2, 0.25) is 5.75 Å². The van der Waals surface area contributed by atoms with Gasteiger partial charge >= 0.3 is 0 Å². The lowest BCUT2D eigenvalue weighted by Gasteiger charge is -2.19. The molecular formula is C33H42F2N2O3. The summed E-state index contributed by atoms with van der Waals surface area (Å²) in [5.41, 5.74) is 3.30. The topological polar surface area (TPSA) is 43.0 Å². The molecule has 40 heavy (non-hydrogen) atoms. The molecular weight excluding hydrogens is 510 g/mol. The number of hydrogen-bond donors (Lipinski definition) is 1. The fourth-order valence-corrected chi connectivity index (χ4v) is 5.71. The largest absolute Gasteiger partial charge is 0.493 e. The summed E-state index contributed by atoms with van der Waals surface area (Å²) in [6, 6.07) is 17.5. The molecule has 1 aliphatic rings. The zero-order chi connectivity index (χ0) is 28.3. The summed E-state index contributed by atoms with van der Waals surface area (Å²) >= 11 is 0. The molecule has 0 radical (unpaired) electrons. The van der Waals surface area contributed by atoms with E-state index in [0.717, 1.165) is 75.1 Å². The number of methoxy groups -OCH3 is 3. The van der Waals surface area contributed by atoms with Crippen molar-refractivity contribution in [2.75, 3.05) is 47.5 Å². The highest BCUT2D eigenvalue weighted by Crippen LogP contribution is 2.38. The normalized spacial score (nSPS) is 15.5. The van der Waals surface area contributed by atoms with Crippen LogP contribution in [-0.2, 0) is 6.54 Å². The molecule has 0 aromatic heterocycles. The maximum absolute atomic E-state index is 13.5. The van der Waals surface area contributed by atoms with Crippen LogP contribution < -0.4 is 19.5 Å². The Balaban J connectivity index is 1.17. The van der Waals surface area contributed by atoms with Crippen molar-refractivity contribution >= 4 is 0 Å². The number of ether oxygens (including phenoxy) is 3. The summed E-state index contributed by atoms with van der Waals surface area (Å²) in [4.78, 5) is 2.48. The van der Waals surface area contributed by atoms with E-state index in [1.807, 2.05) is 36.4 Å². The molecule has 0 aliphatic carbocycles. The van der Waals surface area contributed by atoms with Gasteiger partial charge in [-0.2, -0.15) is 0 Å². The van der Waals surface area contributed by atoms with Crippen molar-refractivity contribution in [3.05, 3.63) is 89.0 Å². The lowest BCUT2D eigenvalue weighted by Crippen LogP contribution is -2.27. The van der Waals surface area contributed by atoms with Gasteiger partial charge in [0, 0.05) is 19.0 Å². The maximum atomic E-state index is 13.5. The molecule has 1 atom stereocenters. The third-order valence-corrected chi connectivity index (χ3v) is 7.82. The third kappa shape index (κ3) is 8.18. The minimum Gasteiger partial charge on any atom is -0.493 e. The summed E-state index contributed by atoms with van der Waals surface area (Å²) in [5, 5.41) is 3.66. The number of unbranched alkanes of at least 4 members (excludes halogenated alkanes) is 2. The van der Waals surface area contributed by atoms with Crippen molar-refractivity contribution in [1.29, 1.82) is 0 Å². The van der Waals surface area contributed by atoms with Gasteiger partial charge in [0.05, 0.1) is 21.3 Å². The quantitative estimate of drug-likeness (QED) is 0.210. The second-order valence-corrected chi connectivity index (χ2v) is 10.6. The van der Waals surface area contributed by atoms with Crippen LogP contribution in [0.1, 0.15) is 54.7 Å². The predicted octanol–water partition coefficient (Wildman–Crippen LogP) is 6.79. The van der Waals surface area contributed by atoms with Crippen LogP contribution in [0.2, 0.25) is 0 Å². The zero-order valence-electron chi connectivity index (χ0n) is 23.9. The lowest BCUT2D eigenvalue weighted by molar-refractivity contribution is 0.306. The Hall–Kier alpha value is -3.16. The number of likely N-dealkylation sites (tertiary alicyclic amines) is 1. The molecule has 0 spiro atoms. The van der Waals surface area contributed by atoms with Crippen LogP contribution in [0.5, 0.6) is 17.2 Å². The molecule has 0 amide bonds. The molecule has 216 valence electrons. The van der Waals surface area contributed by atoms with Gasteiger partial charge < -0.3 is 19.5 Å². The van der Waals surface area contributed by atoms with E-state index in [-0.39, 0.29) is 17.6 Å². The Morgan fingerprint density at radius 1 is 0.825 bits per heavy atom.